The number of likely N-dealkylation sites (tertiary alicyclic amines) is 1. The van der Waals surface area contributed by atoms with Crippen LogP contribution in [0.1, 0.15) is 35.2 Å². The van der Waals surface area contributed by atoms with E-state index in [1.54, 1.807) is 0 Å². The Bertz CT molecular complexity index is 1080. The van der Waals surface area contributed by atoms with Gasteiger partial charge in [0.05, 0.1) is 5.54 Å². The number of nitrogens with zero attached hydrogens (tertiary/aromatic N) is 1. The zero-order chi connectivity index (χ0) is 20.2. The first kappa shape index (κ1) is 18.7. The Labute approximate surface area is 167 Å². The minimum atomic E-state index is -1.39. The molecule has 0 radical (unpaired) electrons. The van der Waals surface area contributed by atoms with E-state index in [1.807, 2.05) is 0 Å². The minimum Gasteiger partial charge on any atom is -0.357 e. The number of aryl methyl sites for hydroxylation is 1. The fourth-order valence-corrected chi connectivity index (χ4v) is 4.99. The molecule has 2 aliphatic heterocycles. The standard InChI is InChI=1S/C23H24F3N3/c1-14-2-5-19-17(12-14)16-6-9-27-23(22(16)28-19)7-10-29(11-8-23)13-15-3-4-18(24)21(26)20(15)25/h2-5,12,27-28H,6-11,13H2,1H3. The SMILES string of the molecule is Cc1ccc2[nH]c3c(c2c1)CCNC31CCN(Cc2ccc(F)c(F)c2F)CC1. The van der Waals surface area contributed by atoms with Crippen molar-refractivity contribution in [3.8, 4) is 0 Å². The van der Waals surface area contributed by atoms with E-state index < -0.39 is 17.5 Å². The first-order chi connectivity index (χ1) is 14.0. The maximum absolute atomic E-state index is 14.1. The van der Waals surface area contributed by atoms with E-state index in [0.717, 1.165) is 45.0 Å². The van der Waals surface area contributed by atoms with Crippen molar-refractivity contribution in [2.45, 2.75) is 38.3 Å². The Kier molecular flexibility index (Phi) is 4.44. The molecule has 5 rings (SSSR count). The zero-order valence-electron chi connectivity index (χ0n) is 16.4. The van der Waals surface area contributed by atoms with E-state index in [9.17, 15) is 13.2 Å². The number of aromatic nitrogens is 1. The van der Waals surface area contributed by atoms with Gasteiger partial charge in [-0.25, -0.2) is 13.2 Å². The second-order valence-electron chi connectivity index (χ2n) is 8.40. The number of piperidine rings is 1. The second-order valence-corrected chi connectivity index (χ2v) is 8.40. The maximum Gasteiger partial charge on any atom is 0.194 e. The van der Waals surface area contributed by atoms with E-state index in [-0.39, 0.29) is 17.6 Å². The third kappa shape index (κ3) is 3.06. The van der Waals surface area contributed by atoms with Crippen molar-refractivity contribution >= 4 is 10.9 Å². The van der Waals surface area contributed by atoms with Crippen LogP contribution in [0.15, 0.2) is 30.3 Å². The van der Waals surface area contributed by atoms with Crippen LogP contribution < -0.4 is 5.32 Å². The molecule has 2 aliphatic rings. The number of hydrogen-bond donors (Lipinski definition) is 2. The summed E-state index contributed by atoms with van der Waals surface area (Å²) in [5, 5.41) is 5.05. The molecular formula is C23H24F3N3. The Balaban J connectivity index is 1.38. The monoisotopic (exact) mass is 399 g/mol. The van der Waals surface area contributed by atoms with Crippen LogP contribution >= 0.6 is 0 Å². The fourth-order valence-electron chi connectivity index (χ4n) is 4.99. The molecule has 0 aliphatic carbocycles. The molecule has 2 aromatic carbocycles. The molecular weight excluding hydrogens is 375 g/mol. The molecule has 6 heteroatoms. The van der Waals surface area contributed by atoms with Crippen molar-refractivity contribution < 1.29 is 13.2 Å². The van der Waals surface area contributed by atoms with E-state index >= 15 is 0 Å². The number of halogens is 3. The lowest BCUT2D eigenvalue weighted by molar-refractivity contribution is 0.120. The summed E-state index contributed by atoms with van der Waals surface area (Å²) in [5.74, 6) is -3.60. The summed E-state index contributed by atoms with van der Waals surface area (Å²) in [6.45, 7) is 4.87. The maximum atomic E-state index is 14.1. The van der Waals surface area contributed by atoms with Crippen LogP contribution in [0.25, 0.3) is 10.9 Å². The molecule has 0 amide bonds. The average molecular weight is 399 g/mol. The molecule has 1 fully saturated rings. The summed E-state index contributed by atoms with van der Waals surface area (Å²) in [7, 11) is 0. The van der Waals surface area contributed by atoms with Gasteiger partial charge in [-0.05, 0) is 49.9 Å². The highest BCUT2D eigenvalue weighted by Gasteiger charge is 2.41. The quantitative estimate of drug-likeness (QED) is 0.621. The summed E-state index contributed by atoms with van der Waals surface area (Å²) in [4.78, 5) is 5.77. The van der Waals surface area contributed by atoms with Gasteiger partial charge in [0.15, 0.2) is 17.5 Å². The number of benzene rings is 2. The number of rotatable bonds is 2. The number of nitrogens with one attached hydrogen (secondary N) is 2. The lowest BCUT2D eigenvalue weighted by Gasteiger charge is -2.45. The van der Waals surface area contributed by atoms with Crippen LogP contribution in [0.5, 0.6) is 0 Å². The largest absolute Gasteiger partial charge is 0.357 e. The van der Waals surface area contributed by atoms with Crippen molar-refractivity contribution in [1.82, 2.24) is 15.2 Å². The van der Waals surface area contributed by atoms with E-state index in [1.165, 1.54) is 33.8 Å². The smallest absolute Gasteiger partial charge is 0.194 e. The van der Waals surface area contributed by atoms with Gasteiger partial charge >= 0.3 is 0 Å². The van der Waals surface area contributed by atoms with Crippen molar-refractivity contribution in [3.05, 3.63) is 70.2 Å². The third-order valence-corrected chi connectivity index (χ3v) is 6.60. The number of aromatic amines is 1. The van der Waals surface area contributed by atoms with Gasteiger partial charge in [0.25, 0.3) is 0 Å². The zero-order valence-corrected chi connectivity index (χ0v) is 16.4. The molecule has 3 nitrogen and oxygen atoms in total. The van der Waals surface area contributed by atoms with E-state index in [0.29, 0.717) is 0 Å². The fraction of sp³-hybridized carbons (Fsp3) is 0.391. The molecule has 0 atom stereocenters. The Morgan fingerprint density at radius 2 is 1.83 bits per heavy atom. The minimum absolute atomic E-state index is 0.108. The number of fused-ring (bicyclic) bond motifs is 4. The van der Waals surface area contributed by atoms with Crippen molar-refractivity contribution in [2.24, 2.45) is 0 Å². The Morgan fingerprint density at radius 3 is 2.62 bits per heavy atom. The second kappa shape index (κ2) is 6.89. The van der Waals surface area contributed by atoms with Crippen LogP contribution in [-0.4, -0.2) is 29.5 Å². The van der Waals surface area contributed by atoms with Gasteiger partial charge in [0, 0.05) is 48.3 Å². The van der Waals surface area contributed by atoms with E-state index in [2.05, 4.69) is 40.3 Å². The lowest BCUT2D eigenvalue weighted by atomic mass is 9.79. The van der Waals surface area contributed by atoms with Gasteiger partial charge in [0.2, 0.25) is 0 Å². The predicted octanol–water partition coefficient (Wildman–Crippen LogP) is 4.53. The normalized spacial score (nSPS) is 19.0. The average Bonchev–Trinajstić information content (AvgIpc) is 3.10. The molecule has 1 saturated heterocycles. The molecule has 0 unspecified atom stereocenters. The molecule has 152 valence electrons. The van der Waals surface area contributed by atoms with Crippen LogP contribution in [0.4, 0.5) is 13.2 Å². The van der Waals surface area contributed by atoms with Gasteiger partial charge in [-0.15, -0.1) is 0 Å². The molecule has 29 heavy (non-hydrogen) atoms. The highest BCUT2D eigenvalue weighted by atomic mass is 19.2. The van der Waals surface area contributed by atoms with Gasteiger partial charge in [-0.1, -0.05) is 17.7 Å². The Morgan fingerprint density at radius 1 is 1.03 bits per heavy atom. The lowest BCUT2D eigenvalue weighted by Crippen LogP contribution is -2.54. The topological polar surface area (TPSA) is 31.1 Å². The number of H-pyrrole nitrogens is 1. The van der Waals surface area contributed by atoms with Gasteiger partial charge < -0.3 is 10.3 Å². The van der Waals surface area contributed by atoms with Crippen molar-refractivity contribution in [2.75, 3.05) is 19.6 Å². The summed E-state index contributed by atoms with van der Waals surface area (Å²) >= 11 is 0. The molecule has 2 N–H and O–H groups in total. The molecule has 3 heterocycles. The van der Waals surface area contributed by atoms with Crippen LogP contribution in [0.2, 0.25) is 0 Å². The molecule has 1 aromatic heterocycles. The summed E-state index contributed by atoms with van der Waals surface area (Å²) in [5.41, 5.74) is 5.22. The highest BCUT2D eigenvalue weighted by Crippen LogP contribution is 2.40. The van der Waals surface area contributed by atoms with Crippen LogP contribution in [0, 0.1) is 24.4 Å². The summed E-state index contributed by atoms with van der Waals surface area (Å²) < 4.78 is 40.8. The first-order valence-corrected chi connectivity index (χ1v) is 10.2. The first-order valence-electron chi connectivity index (χ1n) is 10.2. The van der Waals surface area contributed by atoms with Gasteiger partial charge in [-0.3, -0.25) is 4.90 Å². The van der Waals surface area contributed by atoms with E-state index in [4.69, 9.17) is 0 Å². The highest BCUT2D eigenvalue weighted by molar-refractivity contribution is 5.86. The van der Waals surface area contributed by atoms with Gasteiger partial charge in [0.1, 0.15) is 0 Å². The van der Waals surface area contributed by atoms with Crippen LogP contribution in [0.3, 0.4) is 0 Å². The third-order valence-electron chi connectivity index (χ3n) is 6.60. The summed E-state index contributed by atoms with van der Waals surface area (Å²) in [6.07, 6.45) is 2.78. The summed E-state index contributed by atoms with van der Waals surface area (Å²) in [6, 6.07) is 8.88. The van der Waals surface area contributed by atoms with Crippen molar-refractivity contribution in [1.29, 1.82) is 0 Å². The van der Waals surface area contributed by atoms with Crippen LogP contribution in [-0.2, 0) is 18.5 Å². The Hall–Kier alpha value is -2.31. The molecule has 1 spiro atoms. The van der Waals surface area contributed by atoms with Gasteiger partial charge in [-0.2, -0.15) is 0 Å². The molecule has 0 saturated carbocycles. The molecule has 3 aromatic rings. The number of hydrogen-bond acceptors (Lipinski definition) is 2. The predicted molar refractivity (Wildman–Crippen MR) is 107 cm³/mol. The van der Waals surface area contributed by atoms with Crippen molar-refractivity contribution in [3.63, 3.8) is 0 Å². The molecule has 0 bridgehead atoms.